The molecule has 1 aliphatic heterocycles. The third-order valence-corrected chi connectivity index (χ3v) is 5.67. The minimum atomic E-state index is 0.169. The second-order valence-electron chi connectivity index (χ2n) is 7.18. The summed E-state index contributed by atoms with van der Waals surface area (Å²) in [5.74, 6) is 2.36. The lowest BCUT2D eigenvalue weighted by Gasteiger charge is -2.42. The zero-order valence-corrected chi connectivity index (χ0v) is 17.2. The van der Waals surface area contributed by atoms with Crippen LogP contribution in [0, 0.1) is 13.8 Å². The molecule has 7 nitrogen and oxygen atoms in total. The fraction of sp³-hybridized carbons (Fsp3) is 0.524. The lowest BCUT2D eigenvalue weighted by molar-refractivity contribution is 0.135. The van der Waals surface area contributed by atoms with Crippen molar-refractivity contribution >= 4 is 5.82 Å². The van der Waals surface area contributed by atoms with Gasteiger partial charge < -0.3 is 19.5 Å². The van der Waals surface area contributed by atoms with Crippen LogP contribution in [0.4, 0.5) is 5.82 Å². The Morgan fingerprint density at radius 2 is 1.93 bits per heavy atom. The molecule has 0 saturated carbocycles. The van der Waals surface area contributed by atoms with Crippen molar-refractivity contribution < 1.29 is 14.6 Å². The van der Waals surface area contributed by atoms with E-state index in [1.165, 1.54) is 23.0 Å². The monoisotopic (exact) mass is 386 g/mol. The van der Waals surface area contributed by atoms with E-state index in [9.17, 15) is 5.11 Å². The highest BCUT2D eigenvalue weighted by Crippen LogP contribution is 2.27. The maximum Gasteiger partial charge on any atom is 0.218 e. The summed E-state index contributed by atoms with van der Waals surface area (Å²) in [6, 6.07) is 6.31. The van der Waals surface area contributed by atoms with Crippen molar-refractivity contribution in [1.29, 1.82) is 0 Å². The first-order chi connectivity index (χ1) is 13.6. The Morgan fingerprint density at radius 1 is 1.11 bits per heavy atom. The van der Waals surface area contributed by atoms with Gasteiger partial charge in [-0.15, -0.1) is 0 Å². The normalized spacial score (nSPS) is 17.6. The number of hydrogen-bond donors (Lipinski definition) is 1. The topological polar surface area (TPSA) is 71.0 Å². The van der Waals surface area contributed by atoms with Crippen molar-refractivity contribution in [2.75, 3.05) is 45.4 Å². The molecule has 152 valence electrons. The van der Waals surface area contributed by atoms with Crippen molar-refractivity contribution in [1.82, 2.24) is 14.9 Å². The van der Waals surface area contributed by atoms with E-state index < -0.39 is 0 Å². The Morgan fingerprint density at radius 3 is 2.64 bits per heavy atom. The Hall–Kier alpha value is -2.38. The summed E-state index contributed by atoms with van der Waals surface area (Å²) in [6.45, 7) is 7.87. The van der Waals surface area contributed by atoms with Gasteiger partial charge in [-0.2, -0.15) is 0 Å². The molecule has 0 bridgehead atoms. The molecule has 1 aromatic heterocycles. The van der Waals surface area contributed by atoms with Crippen LogP contribution in [0.5, 0.6) is 11.6 Å². The number of ether oxygens (including phenoxy) is 2. The van der Waals surface area contributed by atoms with Gasteiger partial charge in [-0.3, -0.25) is 4.90 Å². The van der Waals surface area contributed by atoms with Gasteiger partial charge in [0, 0.05) is 44.9 Å². The van der Waals surface area contributed by atoms with Crippen LogP contribution in [-0.2, 0) is 6.54 Å². The molecule has 1 fully saturated rings. The first kappa shape index (κ1) is 20.4. The smallest absolute Gasteiger partial charge is 0.218 e. The van der Waals surface area contributed by atoms with E-state index in [0.29, 0.717) is 5.88 Å². The molecule has 1 saturated heterocycles. The van der Waals surface area contributed by atoms with Gasteiger partial charge in [-0.1, -0.05) is 6.07 Å². The summed E-state index contributed by atoms with van der Waals surface area (Å²) in [4.78, 5) is 13.2. The van der Waals surface area contributed by atoms with E-state index >= 15 is 0 Å². The number of aliphatic hydroxyl groups is 1. The molecule has 2 aromatic rings. The van der Waals surface area contributed by atoms with E-state index in [-0.39, 0.29) is 12.6 Å². The van der Waals surface area contributed by atoms with Crippen molar-refractivity contribution in [3.63, 3.8) is 0 Å². The number of aromatic nitrogens is 2. The molecule has 0 unspecified atom stereocenters. The summed E-state index contributed by atoms with van der Waals surface area (Å²) < 4.78 is 10.7. The molecule has 0 amide bonds. The van der Waals surface area contributed by atoms with Gasteiger partial charge in [0.15, 0.2) is 0 Å². The quantitative estimate of drug-likeness (QED) is 0.782. The molecule has 2 heterocycles. The fourth-order valence-corrected chi connectivity index (χ4v) is 3.81. The highest BCUT2D eigenvalue weighted by atomic mass is 16.5. The predicted molar refractivity (Wildman–Crippen MR) is 109 cm³/mol. The van der Waals surface area contributed by atoms with Gasteiger partial charge in [-0.25, -0.2) is 9.97 Å². The third kappa shape index (κ3) is 4.36. The van der Waals surface area contributed by atoms with Crippen LogP contribution in [-0.4, -0.2) is 66.5 Å². The molecule has 1 N–H and O–H groups in total. The SMILES string of the molecule is COc1cc(N2CCN(Cc3ccc(OC)c(C)c3C)[C@H](CCO)C2)ncn1. The summed E-state index contributed by atoms with van der Waals surface area (Å²) in [5.41, 5.74) is 3.76. The molecule has 0 aliphatic carbocycles. The largest absolute Gasteiger partial charge is 0.496 e. The van der Waals surface area contributed by atoms with Crippen LogP contribution >= 0.6 is 0 Å². The van der Waals surface area contributed by atoms with Crippen molar-refractivity contribution in [3.8, 4) is 11.6 Å². The Labute approximate surface area is 166 Å². The van der Waals surface area contributed by atoms with Crippen molar-refractivity contribution in [2.24, 2.45) is 0 Å². The van der Waals surface area contributed by atoms with Crippen LogP contribution in [0.15, 0.2) is 24.5 Å². The zero-order valence-electron chi connectivity index (χ0n) is 17.2. The van der Waals surface area contributed by atoms with Crippen molar-refractivity contribution in [2.45, 2.75) is 32.9 Å². The second-order valence-corrected chi connectivity index (χ2v) is 7.18. The van der Waals surface area contributed by atoms with Crippen LogP contribution < -0.4 is 14.4 Å². The summed E-state index contributed by atoms with van der Waals surface area (Å²) in [7, 11) is 3.32. The Bertz CT molecular complexity index is 799. The fourth-order valence-electron chi connectivity index (χ4n) is 3.81. The Kier molecular flexibility index (Phi) is 6.70. The number of rotatable bonds is 7. The number of benzene rings is 1. The van der Waals surface area contributed by atoms with Gasteiger partial charge in [-0.05, 0) is 43.0 Å². The minimum Gasteiger partial charge on any atom is -0.496 e. The van der Waals surface area contributed by atoms with Gasteiger partial charge in [0.05, 0.1) is 14.2 Å². The third-order valence-electron chi connectivity index (χ3n) is 5.67. The lowest BCUT2D eigenvalue weighted by Crippen LogP contribution is -2.53. The summed E-state index contributed by atoms with van der Waals surface area (Å²) in [5, 5.41) is 9.60. The van der Waals surface area contributed by atoms with Crippen LogP contribution in [0.25, 0.3) is 0 Å². The van der Waals surface area contributed by atoms with E-state index in [1.54, 1.807) is 14.2 Å². The van der Waals surface area contributed by atoms with E-state index in [4.69, 9.17) is 9.47 Å². The average molecular weight is 386 g/mol. The zero-order chi connectivity index (χ0) is 20.1. The molecule has 0 spiro atoms. The molecule has 1 atom stereocenters. The highest BCUT2D eigenvalue weighted by Gasteiger charge is 2.28. The molecule has 1 aromatic carbocycles. The first-order valence-electron chi connectivity index (χ1n) is 9.66. The molecular formula is C21H30N4O3. The number of aliphatic hydroxyl groups excluding tert-OH is 1. The summed E-state index contributed by atoms with van der Waals surface area (Å²) >= 11 is 0. The molecule has 0 radical (unpaired) electrons. The van der Waals surface area contributed by atoms with Crippen LogP contribution in [0.3, 0.4) is 0 Å². The second kappa shape index (κ2) is 9.21. The number of hydrogen-bond acceptors (Lipinski definition) is 7. The van der Waals surface area contributed by atoms with Gasteiger partial charge in [0.1, 0.15) is 17.9 Å². The molecule has 28 heavy (non-hydrogen) atoms. The average Bonchev–Trinajstić information content (AvgIpc) is 2.73. The van der Waals surface area contributed by atoms with E-state index in [0.717, 1.165) is 44.2 Å². The van der Waals surface area contributed by atoms with E-state index in [2.05, 4.69) is 39.7 Å². The van der Waals surface area contributed by atoms with Crippen LogP contribution in [0.1, 0.15) is 23.1 Å². The predicted octanol–water partition coefficient (Wildman–Crippen LogP) is 2.18. The first-order valence-corrected chi connectivity index (χ1v) is 9.66. The molecule has 1 aliphatic rings. The van der Waals surface area contributed by atoms with Crippen molar-refractivity contribution in [3.05, 3.63) is 41.2 Å². The standard InChI is InChI=1S/C21H30N4O3/c1-15-16(2)19(27-3)6-5-17(15)12-24-8-9-25(13-18(24)7-10-26)20-11-21(28-4)23-14-22-20/h5-6,11,14,18,26H,7-10,12-13H2,1-4H3/t18-/m1/s1. The maximum atomic E-state index is 9.60. The van der Waals surface area contributed by atoms with Gasteiger partial charge >= 0.3 is 0 Å². The number of anilines is 1. The molecule has 3 rings (SSSR count). The number of methoxy groups -OCH3 is 2. The minimum absolute atomic E-state index is 0.169. The van der Waals surface area contributed by atoms with Gasteiger partial charge in [0.25, 0.3) is 0 Å². The molecular weight excluding hydrogens is 356 g/mol. The Balaban J connectivity index is 1.75. The number of piperazine rings is 1. The number of nitrogens with zero attached hydrogens (tertiary/aromatic N) is 4. The van der Waals surface area contributed by atoms with Crippen LogP contribution in [0.2, 0.25) is 0 Å². The van der Waals surface area contributed by atoms with Gasteiger partial charge in [0.2, 0.25) is 5.88 Å². The molecule has 7 heteroatoms. The lowest BCUT2D eigenvalue weighted by atomic mass is 10.00. The highest BCUT2D eigenvalue weighted by molar-refractivity contribution is 5.44. The van der Waals surface area contributed by atoms with E-state index in [1.807, 2.05) is 12.1 Å². The summed E-state index contributed by atoms with van der Waals surface area (Å²) in [6.07, 6.45) is 2.26. The maximum absolute atomic E-state index is 9.60.